The van der Waals surface area contributed by atoms with Crippen LogP contribution in [0.4, 0.5) is 5.82 Å². The molecular weight excluding hydrogens is 418 g/mol. The Morgan fingerprint density at radius 1 is 1.12 bits per heavy atom. The van der Waals surface area contributed by atoms with Crippen LogP contribution in [0.2, 0.25) is 0 Å². The molecule has 0 N–H and O–H groups in total. The van der Waals surface area contributed by atoms with Gasteiger partial charge in [0.1, 0.15) is 5.78 Å². The van der Waals surface area contributed by atoms with Crippen molar-refractivity contribution in [3.05, 3.63) is 17.8 Å². The van der Waals surface area contributed by atoms with Crippen LogP contribution in [0.25, 0.3) is 0 Å². The molecule has 0 unspecified atom stereocenters. The van der Waals surface area contributed by atoms with E-state index in [1.165, 1.54) is 44.2 Å². The highest BCUT2D eigenvalue weighted by molar-refractivity contribution is 5.78. The zero-order valence-electron chi connectivity index (χ0n) is 20.5. The van der Waals surface area contributed by atoms with Crippen molar-refractivity contribution in [3.63, 3.8) is 0 Å². The maximum absolute atomic E-state index is 12.3. The summed E-state index contributed by atoms with van der Waals surface area (Å²) >= 11 is 0. The first-order chi connectivity index (χ1) is 16.2. The number of hydrogen-bond donors (Lipinski definition) is 0. The number of ketones is 1. The van der Waals surface area contributed by atoms with Gasteiger partial charge in [-0.15, -0.1) is 0 Å². The standard InChI is InChI=1S/C26H41N3O4/c1-31-24(32-2)8-7-23(30)19-21-5-3-20(4-6-21)10-13-28-14-16-29(17-15-28)26-25-22(9-12-27-26)11-18-33-25/h9,12,20-21,24H,3-8,10-11,13-19H2,1-2H3. The summed E-state index contributed by atoms with van der Waals surface area (Å²) in [4.78, 5) is 21.9. The minimum atomic E-state index is -0.260. The third-order valence-corrected chi connectivity index (χ3v) is 7.78. The number of piperazine rings is 1. The van der Waals surface area contributed by atoms with E-state index in [0.29, 0.717) is 24.5 Å². The predicted molar refractivity (Wildman–Crippen MR) is 129 cm³/mol. The SMILES string of the molecule is COC(CCC(=O)CC1CCC(CCN2CCN(c3nccc4c3OCC4)CC2)CC1)OC. The van der Waals surface area contributed by atoms with Crippen molar-refractivity contribution < 1.29 is 19.0 Å². The van der Waals surface area contributed by atoms with Gasteiger partial charge in [0.25, 0.3) is 0 Å². The number of carbonyl (C=O) groups is 1. The van der Waals surface area contributed by atoms with Gasteiger partial charge in [-0.25, -0.2) is 4.98 Å². The van der Waals surface area contributed by atoms with E-state index in [4.69, 9.17) is 14.2 Å². The van der Waals surface area contributed by atoms with Gasteiger partial charge >= 0.3 is 0 Å². The number of hydrogen-bond acceptors (Lipinski definition) is 7. The van der Waals surface area contributed by atoms with E-state index in [1.807, 2.05) is 6.20 Å². The fourth-order valence-corrected chi connectivity index (χ4v) is 5.63. The molecule has 1 saturated heterocycles. The van der Waals surface area contributed by atoms with Crippen LogP contribution in [-0.2, 0) is 20.7 Å². The van der Waals surface area contributed by atoms with Crippen LogP contribution in [0.1, 0.15) is 56.9 Å². The maximum Gasteiger partial charge on any atom is 0.171 e. The van der Waals surface area contributed by atoms with Gasteiger partial charge in [-0.05, 0) is 43.7 Å². The molecule has 3 heterocycles. The smallest absolute Gasteiger partial charge is 0.171 e. The number of anilines is 1. The monoisotopic (exact) mass is 459 g/mol. The van der Waals surface area contributed by atoms with E-state index in [-0.39, 0.29) is 6.29 Å². The lowest BCUT2D eigenvalue weighted by Crippen LogP contribution is -2.47. The molecule has 33 heavy (non-hydrogen) atoms. The fourth-order valence-electron chi connectivity index (χ4n) is 5.63. The molecule has 3 aliphatic rings. The van der Waals surface area contributed by atoms with Gasteiger partial charge in [0, 0.05) is 77.8 Å². The van der Waals surface area contributed by atoms with Gasteiger partial charge in [0.2, 0.25) is 0 Å². The van der Waals surface area contributed by atoms with Crippen molar-refractivity contribution in [2.24, 2.45) is 11.8 Å². The second kappa shape index (κ2) is 12.1. The van der Waals surface area contributed by atoms with Gasteiger partial charge in [-0.2, -0.15) is 0 Å². The molecule has 1 aliphatic carbocycles. The van der Waals surface area contributed by atoms with Gasteiger partial charge in [0.15, 0.2) is 17.9 Å². The number of Topliss-reactive ketones (excluding diaryl/α,β-unsaturated/α-hetero) is 1. The van der Waals surface area contributed by atoms with Crippen molar-refractivity contribution in [1.82, 2.24) is 9.88 Å². The van der Waals surface area contributed by atoms with Gasteiger partial charge in [0.05, 0.1) is 6.61 Å². The minimum absolute atomic E-state index is 0.260. The third-order valence-electron chi connectivity index (χ3n) is 7.78. The van der Waals surface area contributed by atoms with Crippen LogP contribution in [0, 0.1) is 11.8 Å². The van der Waals surface area contributed by atoms with Gasteiger partial charge in [-0.3, -0.25) is 9.69 Å². The van der Waals surface area contributed by atoms with Crippen molar-refractivity contribution in [3.8, 4) is 5.75 Å². The topological polar surface area (TPSA) is 64.1 Å². The Morgan fingerprint density at radius 2 is 1.85 bits per heavy atom. The van der Waals surface area contributed by atoms with E-state index < -0.39 is 0 Å². The molecule has 0 spiro atoms. The summed E-state index contributed by atoms with van der Waals surface area (Å²) in [5.74, 6) is 3.80. The molecule has 1 aromatic heterocycles. The van der Waals surface area contributed by atoms with E-state index in [1.54, 1.807) is 14.2 Å². The Bertz CT molecular complexity index is 754. The number of ether oxygens (including phenoxy) is 3. The summed E-state index contributed by atoms with van der Waals surface area (Å²) in [6.07, 6.45) is 10.8. The maximum atomic E-state index is 12.3. The molecule has 0 radical (unpaired) electrons. The summed E-state index contributed by atoms with van der Waals surface area (Å²) < 4.78 is 16.2. The molecule has 0 aromatic carbocycles. The number of rotatable bonds is 11. The fraction of sp³-hybridized carbons (Fsp3) is 0.769. The first-order valence-electron chi connectivity index (χ1n) is 12.8. The molecule has 1 aromatic rings. The van der Waals surface area contributed by atoms with E-state index in [2.05, 4.69) is 20.9 Å². The third kappa shape index (κ3) is 6.67. The molecule has 2 fully saturated rings. The molecule has 7 nitrogen and oxygen atoms in total. The number of pyridine rings is 1. The Labute approximate surface area is 198 Å². The summed E-state index contributed by atoms with van der Waals surface area (Å²) in [5, 5.41) is 0. The number of fused-ring (bicyclic) bond motifs is 1. The van der Waals surface area contributed by atoms with Crippen LogP contribution in [0.5, 0.6) is 5.75 Å². The Morgan fingerprint density at radius 3 is 2.58 bits per heavy atom. The van der Waals surface area contributed by atoms with Crippen LogP contribution in [-0.4, -0.2) is 75.5 Å². The summed E-state index contributed by atoms with van der Waals surface area (Å²) in [6, 6.07) is 2.09. The predicted octanol–water partition coefficient (Wildman–Crippen LogP) is 3.69. The van der Waals surface area contributed by atoms with Crippen molar-refractivity contribution >= 4 is 11.6 Å². The Hall–Kier alpha value is -1.70. The lowest BCUT2D eigenvalue weighted by molar-refractivity contribution is -0.128. The number of nitrogens with zero attached hydrogens (tertiary/aromatic N) is 3. The van der Waals surface area contributed by atoms with Crippen molar-refractivity contribution in [2.75, 3.05) is 58.5 Å². The second-order valence-electron chi connectivity index (χ2n) is 9.91. The largest absolute Gasteiger partial charge is 0.489 e. The van der Waals surface area contributed by atoms with Crippen LogP contribution in [0.15, 0.2) is 12.3 Å². The Balaban J connectivity index is 1.11. The lowest BCUT2D eigenvalue weighted by atomic mass is 9.78. The van der Waals surface area contributed by atoms with E-state index >= 15 is 0 Å². The lowest BCUT2D eigenvalue weighted by Gasteiger charge is -2.37. The second-order valence-corrected chi connectivity index (χ2v) is 9.91. The number of carbonyl (C=O) groups excluding carboxylic acids is 1. The zero-order chi connectivity index (χ0) is 23.0. The van der Waals surface area contributed by atoms with Gasteiger partial charge < -0.3 is 19.1 Å². The quantitative estimate of drug-likeness (QED) is 0.468. The molecule has 7 heteroatoms. The molecule has 0 bridgehead atoms. The minimum Gasteiger partial charge on any atom is -0.489 e. The molecule has 1 saturated carbocycles. The summed E-state index contributed by atoms with van der Waals surface area (Å²) in [6.45, 7) is 6.21. The first kappa shape index (κ1) is 24.4. The average molecular weight is 460 g/mol. The highest BCUT2D eigenvalue weighted by Crippen LogP contribution is 2.35. The Kier molecular flexibility index (Phi) is 8.98. The highest BCUT2D eigenvalue weighted by atomic mass is 16.7. The number of methoxy groups -OCH3 is 2. The molecule has 2 aliphatic heterocycles. The molecule has 0 amide bonds. The highest BCUT2D eigenvalue weighted by Gasteiger charge is 2.27. The van der Waals surface area contributed by atoms with Crippen molar-refractivity contribution in [2.45, 2.75) is 64.1 Å². The average Bonchev–Trinajstić information content (AvgIpc) is 3.34. The van der Waals surface area contributed by atoms with Crippen LogP contribution < -0.4 is 9.64 Å². The van der Waals surface area contributed by atoms with E-state index in [9.17, 15) is 4.79 Å². The summed E-state index contributed by atoms with van der Waals surface area (Å²) in [7, 11) is 3.25. The first-order valence-corrected chi connectivity index (χ1v) is 12.8. The van der Waals surface area contributed by atoms with Crippen LogP contribution in [0.3, 0.4) is 0 Å². The normalized spacial score (nSPS) is 23.5. The van der Waals surface area contributed by atoms with Gasteiger partial charge in [-0.1, -0.05) is 12.8 Å². The zero-order valence-corrected chi connectivity index (χ0v) is 20.5. The molecule has 0 atom stereocenters. The van der Waals surface area contributed by atoms with Crippen LogP contribution >= 0.6 is 0 Å². The molecule has 4 rings (SSSR count). The summed E-state index contributed by atoms with van der Waals surface area (Å²) in [5.41, 5.74) is 1.30. The number of aromatic nitrogens is 1. The van der Waals surface area contributed by atoms with E-state index in [0.717, 1.165) is 63.1 Å². The molecule has 184 valence electrons. The molecular formula is C26H41N3O4. The van der Waals surface area contributed by atoms with Crippen molar-refractivity contribution in [1.29, 1.82) is 0 Å².